The minimum absolute atomic E-state index is 0.122. The van der Waals surface area contributed by atoms with E-state index in [1.54, 1.807) is 0 Å². The van der Waals surface area contributed by atoms with Gasteiger partial charge in [0.1, 0.15) is 17.5 Å². The van der Waals surface area contributed by atoms with Crippen molar-refractivity contribution in [1.29, 1.82) is 0 Å². The summed E-state index contributed by atoms with van der Waals surface area (Å²) in [5.41, 5.74) is 1.05. The highest BCUT2D eigenvalue weighted by molar-refractivity contribution is 5.95. The van der Waals surface area contributed by atoms with Gasteiger partial charge in [0, 0.05) is 38.9 Å². The fourth-order valence-electron chi connectivity index (χ4n) is 4.47. The van der Waals surface area contributed by atoms with Gasteiger partial charge < -0.3 is 20.3 Å². The van der Waals surface area contributed by atoms with Gasteiger partial charge in [0.15, 0.2) is 5.82 Å². The van der Waals surface area contributed by atoms with Gasteiger partial charge in [-0.1, -0.05) is 13.8 Å². The number of rotatable bonds is 7. The molecule has 2 aliphatic heterocycles. The van der Waals surface area contributed by atoms with E-state index in [0.717, 1.165) is 69.8 Å². The standard InChI is InChI=1S/C25H32F2N4O2/c1-25(2)7-8-31(16-25)24-21(29-23(32)13-18-11-19(26)14-20(27)12-18)3-4-22(30-24)28-15-17-5-9-33-10-6-17/h3-4,11-12,14,17H,5-10,13,15-16H2,1-2H3,(H,28,30)(H,29,32). The highest BCUT2D eigenvalue weighted by Gasteiger charge is 2.31. The van der Waals surface area contributed by atoms with Crippen molar-refractivity contribution in [2.75, 3.05) is 48.4 Å². The quantitative estimate of drug-likeness (QED) is 0.634. The Kier molecular flexibility index (Phi) is 7.12. The van der Waals surface area contributed by atoms with Crippen molar-refractivity contribution in [2.45, 2.75) is 39.5 Å². The van der Waals surface area contributed by atoms with Crippen LogP contribution in [-0.2, 0) is 16.0 Å². The maximum Gasteiger partial charge on any atom is 0.228 e. The number of nitrogens with one attached hydrogen (secondary N) is 2. The van der Waals surface area contributed by atoms with Crippen LogP contribution in [0.2, 0.25) is 0 Å². The molecule has 4 rings (SSSR count). The fourth-order valence-corrected chi connectivity index (χ4v) is 4.47. The fraction of sp³-hybridized carbons (Fsp3) is 0.520. The lowest BCUT2D eigenvalue weighted by molar-refractivity contribution is -0.115. The molecule has 1 aromatic carbocycles. The van der Waals surface area contributed by atoms with Gasteiger partial charge in [-0.15, -0.1) is 0 Å². The number of hydrogen-bond donors (Lipinski definition) is 2. The molecule has 178 valence electrons. The van der Waals surface area contributed by atoms with Crippen LogP contribution in [0.4, 0.5) is 26.1 Å². The van der Waals surface area contributed by atoms with Crippen molar-refractivity contribution in [1.82, 2.24) is 4.98 Å². The van der Waals surface area contributed by atoms with Crippen molar-refractivity contribution < 1.29 is 18.3 Å². The second-order valence-corrected chi connectivity index (χ2v) is 9.84. The molecule has 0 bridgehead atoms. The van der Waals surface area contributed by atoms with E-state index >= 15 is 0 Å². The number of halogens is 2. The normalized spacial score (nSPS) is 18.4. The molecule has 0 aliphatic carbocycles. The van der Waals surface area contributed by atoms with E-state index in [1.807, 2.05) is 12.1 Å². The molecule has 8 heteroatoms. The van der Waals surface area contributed by atoms with Crippen LogP contribution in [0.25, 0.3) is 0 Å². The number of carbonyl (C=O) groups excluding carboxylic acids is 1. The minimum atomic E-state index is -0.695. The van der Waals surface area contributed by atoms with Crippen molar-refractivity contribution >= 4 is 23.2 Å². The zero-order valence-electron chi connectivity index (χ0n) is 19.3. The van der Waals surface area contributed by atoms with Crippen LogP contribution in [0.1, 0.15) is 38.7 Å². The highest BCUT2D eigenvalue weighted by Crippen LogP contribution is 2.36. The third kappa shape index (κ3) is 6.41. The molecule has 2 N–H and O–H groups in total. The lowest BCUT2D eigenvalue weighted by atomic mass is 9.93. The number of amides is 1. The molecule has 2 aliphatic rings. The summed E-state index contributed by atoms with van der Waals surface area (Å²) in [6.45, 7) is 8.55. The lowest BCUT2D eigenvalue weighted by Crippen LogP contribution is -2.27. The predicted molar refractivity (Wildman–Crippen MR) is 126 cm³/mol. The molecular weight excluding hydrogens is 426 g/mol. The number of hydrogen-bond acceptors (Lipinski definition) is 5. The summed E-state index contributed by atoms with van der Waals surface area (Å²) in [6.07, 6.45) is 2.98. The van der Waals surface area contributed by atoms with Crippen molar-refractivity contribution in [3.05, 3.63) is 47.5 Å². The Morgan fingerprint density at radius 3 is 2.58 bits per heavy atom. The topological polar surface area (TPSA) is 66.5 Å². The molecule has 0 unspecified atom stereocenters. The average Bonchev–Trinajstić information content (AvgIpc) is 3.12. The molecule has 3 heterocycles. The van der Waals surface area contributed by atoms with E-state index in [1.165, 1.54) is 12.1 Å². The lowest BCUT2D eigenvalue weighted by Gasteiger charge is -2.25. The molecule has 0 spiro atoms. The molecule has 2 fully saturated rings. The van der Waals surface area contributed by atoms with Crippen LogP contribution >= 0.6 is 0 Å². The third-order valence-corrected chi connectivity index (χ3v) is 6.33. The minimum Gasteiger partial charge on any atom is -0.381 e. The maximum atomic E-state index is 13.5. The van der Waals surface area contributed by atoms with Crippen LogP contribution in [0.3, 0.4) is 0 Å². The maximum absolute atomic E-state index is 13.5. The zero-order chi connectivity index (χ0) is 23.4. The van der Waals surface area contributed by atoms with E-state index in [-0.39, 0.29) is 23.3 Å². The van der Waals surface area contributed by atoms with Gasteiger partial charge in [0.25, 0.3) is 0 Å². The summed E-state index contributed by atoms with van der Waals surface area (Å²) in [7, 11) is 0. The molecule has 33 heavy (non-hydrogen) atoms. The number of ether oxygens (including phenoxy) is 1. The van der Waals surface area contributed by atoms with Gasteiger partial charge >= 0.3 is 0 Å². The number of carbonyl (C=O) groups is 1. The number of anilines is 3. The molecule has 2 saturated heterocycles. The Hall–Kier alpha value is -2.74. The first-order valence-electron chi connectivity index (χ1n) is 11.6. The molecule has 0 radical (unpaired) electrons. The molecule has 1 aromatic heterocycles. The van der Waals surface area contributed by atoms with Gasteiger partial charge in [-0.05, 0) is 60.4 Å². The summed E-state index contributed by atoms with van der Waals surface area (Å²) < 4.78 is 32.4. The van der Waals surface area contributed by atoms with Gasteiger partial charge in [-0.25, -0.2) is 13.8 Å². The summed E-state index contributed by atoms with van der Waals surface area (Å²) in [4.78, 5) is 19.7. The molecule has 1 amide bonds. The summed E-state index contributed by atoms with van der Waals surface area (Å²) in [6, 6.07) is 6.86. The van der Waals surface area contributed by atoms with Gasteiger partial charge in [-0.2, -0.15) is 0 Å². The van der Waals surface area contributed by atoms with Crippen LogP contribution in [0.5, 0.6) is 0 Å². The number of benzene rings is 1. The van der Waals surface area contributed by atoms with Gasteiger partial charge in [0.2, 0.25) is 5.91 Å². The Morgan fingerprint density at radius 2 is 1.91 bits per heavy atom. The molecule has 6 nitrogen and oxygen atoms in total. The SMILES string of the molecule is CC1(C)CCN(c2nc(NCC3CCOCC3)ccc2NC(=O)Cc2cc(F)cc(F)c2)C1. The van der Waals surface area contributed by atoms with Crippen LogP contribution in [0, 0.1) is 23.0 Å². The number of nitrogens with zero attached hydrogens (tertiary/aromatic N) is 2. The van der Waals surface area contributed by atoms with Crippen LogP contribution < -0.4 is 15.5 Å². The van der Waals surface area contributed by atoms with Crippen LogP contribution in [-0.4, -0.2) is 43.7 Å². The zero-order valence-corrected chi connectivity index (χ0v) is 19.3. The first-order valence-corrected chi connectivity index (χ1v) is 11.6. The first-order chi connectivity index (χ1) is 15.8. The molecule has 0 saturated carbocycles. The Bertz CT molecular complexity index is 972. The first kappa shape index (κ1) is 23.4. The van der Waals surface area contributed by atoms with E-state index < -0.39 is 11.6 Å². The largest absolute Gasteiger partial charge is 0.381 e. The molecule has 2 aromatic rings. The predicted octanol–water partition coefficient (Wildman–Crippen LogP) is 4.62. The summed E-state index contributed by atoms with van der Waals surface area (Å²) >= 11 is 0. The Balaban J connectivity index is 1.49. The smallest absolute Gasteiger partial charge is 0.228 e. The second kappa shape index (κ2) is 10.0. The second-order valence-electron chi connectivity index (χ2n) is 9.84. The number of pyridine rings is 1. The number of aromatic nitrogens is 1. The molecular formula is C25H32F2N4O2. The summed E-state index contributed by atoms with van der Waals surface area (Å²) in [5, 5.41) is 6.34. The molecule has 0 atom stereocenters. The monoisotopic (exact) mass is 458 g/mol. The highest BCUT2D eigenvalue weighted by atomic mass is 19.1. The third-order valence-electron chi connectivity index (χ3n) is 6.33. The van der Waals surface area contributed by atoms with Crippen molar-refractivity contribution in [3.8, 4) is 0 Å². The van der Waals surface area contributed by atoms with E-state index in [4.69, 9.17) is 9.72 Å². The van der Waals surface area contributed by atoms with E-state index in [0.29, 0.717) is 11.6 Å². The van der Waals surface area contributed by atoms with Gasteiger partial charge in [0.05, 0.1) is 12.1 Å². The van der Waals surface area contributed by atoms with Gasteiger partial charge in [-0.3, -0.25) is 4.79 Å². The van der Waals surface area contributed by atoms with E-state index in [2.05, 4.69) is 29.4 Å². The van der Waals surface area contributed by atoms with E-state index in [9.17, 15) is 13.6 Å². The Morgan fingerprint density at radius 1 is 1.18 bits per heavy atom. The summed E-state index contributed by atoms with van der Waals surface area (Å²) in [5.74, 6) is 0.312. The Labute approximate surface area is 193 Å². The van der Waals surface area contributed by atoms with Crippen LogP contribution in [0.15, 0.2) is 30.3 Å². The van der Waals surface area contributed by atoms with Crippen molar-refractivity contribution in [2.24, 2.45) is 11.3 Å². The van der Waals surface area contributed by atoms with Crippen molar-refractivity contribution in [3.63, 3.8) is 0 Å². The average molecular weight is 459 g/mol.